The fourth-order valence-electron chi connectivity index (χ4n) is 2.92. The quantitative estimate of drug-likeness (QED) is 0.393. The van der Waals surface area contributed by atoms with Crippen LogP contribution in [0.2, 0.25) is 0 Å². The number of hydrogen-bond donors (Lipinski definition) is 0. The van der Waals surface area contributed by atoms with Gasteiger partial charge in [0.15, 0.2) is 0 Å². The van der Waals surface area contributed by atoms with Gasteiger partial charge in [-0.2, -0.15) is 0 Å². The van der Waals surface area contributed by atoms with Crippen LogP contribution in [0, 0.1) is 6.42 Å². The van der Waals surface area contributed by atoms with Gasteiger partial charge in [-0.25, -0.2) is 0 Å². The summed E-state index contributed by atoms with van der Waals surface area (Å²) in [5.41, 5.74) is 2.54. The van der Waals surface area contributed by atoms with Crippen molar-refractivity contribution < 1.29 is 29.6 Å². The molecule has 100 valence electrons. The van der Waals surface area contributed by atoms with Crippen LogP contribution in [-0.4, -0.2) is 0 Å². The molecule has 0 heterocycles. The van der Waals surface area contributed by atoms with Crippen molar-refractivity contribution in [1.29, 1.82) is 0 Å². The average Bonchev–Trinajstić information content (AvgIpc) is 2.56. The van der Waals surface area contributed by atoms with Gasteiger partial charge in [0, 0.05) is 0 Å². The van der Waals surface area contributed by atoms with E-state index in [-0.39, 0.29) is 29.6 Å². The van der Waals surface area contributed by atoms with Gasteiger partial charge in [-0.05, 0) is 0 Å². The van der Waals surface area contributed by atoms with E-state index in [1.54, 1.807) is 0 Å². The summed E-state index contributed by atoms with van der Waals surface area (Å²) in [6.45, 7) is 0. The second-order valence-corrected chi connectivity index (χ2v) is 5.28. The van der Waals surface area contributed by atoms with Gasteiger partial charge >= 0.3 is 29.6 Å². The van der Waals surface area contributed by atoms with E-state index in [9.17, 15) is 0 Å². The number of hydrogen-bond acceptors (Lipinski definition) is 0. The Labute approximate surface area is 153 Å². The number of fused-ring (bicyclic) bond motifs is 2. The Kier molecular flexibility index (Phi) is 4.54. The van der Waals surface area contributed by atoms with Crippen LogP contribution in [0.5, 0.6) is 0 Å². The SMILES string of the molecule is [Na+].c1ccc2c([CH-]c3cccc4ccccc34)cccc2c1. The summed E-state index contributed by atoms with van der Waals surface area (Å²) in [6.07, 6.45) is 2.28. The van der Waals surface area contributed by atoms with Gasteiger partial charge in [0.05, 0.1) is 0 Å². The minimum absolute atomic E-state index is 0. The third-order valence-electron chi connectivity index (χ3n) is 3.96. The second-order valence-electron chi connectivity index (χ2n) is 5.28. The van der Waals surface area contributed by atoms with Crippen LogP contribution in [0.25, 0.3) is 21.5 Å². The van der Waals surface area contributed by atoms with Crippen LogP contribution in [0.1, 0.15) is 11.1 Å². The van der Waals surface area contributed by atoms with Crippen molar-refractivity contribution in [3.8, 4) is 0 Å². The van der Waals surface area contributed by atoms with Crippen LogP contribution < -0.4 is 29.6 Å². The molecule has 0 aliphatic heterocycles. The molecule has 22 heavy (non-hydrogen) atoms. The van der Waals surface area contributed by atoms with Crippen molar-refractivity contribution in [2.24, 2.45) is 0 Å². The van der Waals surface area contributed by atoms with Crippen molar-refractivity contribution in [2.45, 2.75) is 0 Å². The van der Waals surface area contributed by atoms with E-state index in [2.05, 4.69) is 91.3 Å². The molecule has 0 radical (unpaired) electrons. The average molecular weight is 290 g/mol. The van der Waals surface area contributed by atoms with Crippen LogP contribution in [-0.2, 0) is 0 Å². The Balaban J connectivity index is 0.00000144. The van der Waals surface area contributed by atoms with Gasteiger partial charge in [0.25, 0.3) is 0 Å². The predicted octanol–water partition coefficient (Wildman–Crippen LogP) is 2.60. The summed E-state index contributed by atoms with van der Waals surface area (Å²) in [6, 6.07) is 30.0. The Bertz CT molecular complexity index is 837. The third-order valence-corrected chi connectivity index (χ3v) is 3.96. The minimum Gasteiger partial charge on any atom is -0.125 e. The van der Waals surface area contributed by atoms with Crippen molar-refractivity contribution >= 4 is 21.5 Å². The van der Waals surface area contributed by atoms with E-state index in [1.807, 2.05) is 0 Å². The van der Waals surface area contributed by atoms with E-state index < -0.39 is 0 Å². The van der Waals surface area contributed by atoms with Crippen molar-refractivity contribution in [3.63, 3.8) is 0 Å². The fraction of sp³-hybridized carbons (Fsp3) is 0. The summed E-state index contributed by atoms with van der Waals surface area (Å²) < 4.78 is 0. The maximum Gasteiger partial charge on any atom is 1.00 e. The number of benzene rings is 4. The summed E-state index contributed by atoms with van der Waals surface area (Å²) >= 11 is 0. The van der Waals surface area contributed by atoms with E-state index in [0.717, 1.165) is 0 Å². The predicted molar refractivity (Wildman–Crippen MR) is 90.4 cm³/mol. The molecular formula is C21H15Na. The molecular weight excluding hydrogens is 275 g/mol. The van der Waals surface area contributed by atoms with Gasteiger partial charge in [0.2, 0.25) is 0 Å². The maximum atomic E-state index is 2.28. The molecule has 0 bridgehead atoms. The van der Waals surface area contributed by atoms with Gasteiger partial charge in [-0.3, -0.25) is 0 Å². The number of rotatable bonds is 2. The normalized spacial score (nSPS) is 10.4. The van der Waals surface area contributed by atoms with Crippen LogP contribution >= 0.6 is 0 Å². The summed E-state index contributed by atoms with van der Waals surface area (Å²) in [5.74, 6) is 0. The first kappa shape index (κ1) is 15.2. The van der Waals surface area contributed by atoms with E-state index in [1.165, 1.54) is 32.7 Å². The standard InChI is InChI=1S/C21H15.Na/c1-3-13-20-16(7-1)9-5-11-18(20)15-19-12-6-10-17-8-2-4-14-21(17)19;/h1-15H;/q-1;+1. The zero-order valence-corrected chi connectivity index (χ0v) is 14.7. The van der Waals surface area contributed by atoms with Crippen molar-refractivity contribution in [3.05, 3.63) is 102 Å². The van der Waals surface area contributed by atoms with Gasteiger partial charge in [-0.15, -0.1) is 29.7 Å². The summed E-state index contributed by atoms with van der Waals surface area (Å²) in [5, 5.41) is 5.17. The smallest absolute Gasteiger partial charge is 0.125 e. The van der Waals surface area contributed by atoms with E-state index in [0.29, 0.717) is 0 Å². The summed E-state index contributed by atoms with van der Waals surface area (Å²) in [4.78, 5) is 0. The molecule has 0 amide bonds. The second kappa shape index (κ2) is 6.58. The molecule has 0 nitrogen and oxygen atoms in total. The molecule has 4 rings (SSSR count). The zero-order valence-electron chi connectivity index (χ0n) is 12.7. The topological polar surface area (TPSA) is 0 Å². The Morgan fingerprint density at radius 1 is 0.455 bits per heavy atom. The molecule has 0 aliphatic rings. The molecule has 0 unspecified atom stereocenters. The Morgan fingerprint density at radius 3 is 1.36 bits per heavy atom. The van der Waals surface area contributed by atoms with Gasteiger partial charge in [0.1, 0.15) is 0 Å². The molecule has 0 atom stereocenters. The monoisotopic (exact) mass is 290 g/mol. The molecule has 0 N–H and O–H groups in total. The molecule has 0 aromatic heterocycles. The van der Waals surface area contributed by atoms with Gasteiger partial charge < -0.3 is 0 Å². The Morgan fingerprint density at radius 2 is 0.864 bits per heavy atom. The largest absolute Gasteiger partial charge is 1.00 e. The van der Waals surface area contributed by atoms with Crippen molar-refractivity contribution in [1.82, 2.24) is 0 Å². The summed E-state index contributed by atoms with van der Waals surface area (Å²) in [7, 11) is 0. The van der Waals surface area contributed by atoms with Gasteiger partial charge in [-0.1, -0.05) is 94.3 Å². The van der Waals surface area contributed by atoms with E-state index >= 15 is 0 Å². The molecule has 0 saturated heterocycles. The molecule has 1 heteroatoms. The minimum atomic E-state index is 0. The van der Waals surface area contributed by atoms with Crippen LogP contribution in [0.15, 0.2) is 84.9 Å². The first-order valence-corrected chi connectivity index (χ1v) is 7.22. The molecule has 0 saturated carbocycles. The van der Waals surface area contributed by atoms with E-state index in [4.69, 9.17) is 0 Å². The van der Waals surface area contributed by atoms with Crippen LogP contribution in [0.3, 0.4) is 0 Å². The van der Waals surface area contributed by atoms with Crippen LogP contribution in [0.4, 0.5) is 0 Å². The Hall–Kier alpha value is -1.73. The maximum absolute atomic E-state index is 2.28. The first-order valence-electron chi connectivity index (χ1n) is 7.22. The molecule has 0 fully saturated rings. The first-order chi connectivity index (χ1) is 10.4. The molecule has 4 aromatic carbocycles. The molecule has 0 spiro atoms. The third kappa shape index (κ3) is 2.78. The molecule has 4 aromatic rings. The fourth-order valence-corrected chi connectivity index (χ4v) is 2.92. The zero-order chi connectivity index (χ0) is 14.1. The molecule has 0 aliphatic carbocycles. The van der Waals surface area contributed by atoms with Crippen molar-refractivity contribution in [2.75, 3.05) is 0 Å².